The summed E-state index contributed by atoms with van der Waals surface area (Å²) >= 11 is 0. The number of aliphatic carboxylic acids is 1. The Hall–Kier alpha value is -2.82. The van der Waals surface area contributed by atoms with E-state index in [4.69, 9.17) is 9.84 Å². The van der Waals surface area contributed by atoms with Crippen LogP contribution in [0.3, 0.4) is 0 Å². The number of ether oxygens (including phenoxy) is 1. The van der Waals surface area contributed by atoms with Gasteiger partial charge in [-0.15, -0.1) is 0 Å². The normalized spacial score (nSPS) is 10.1. The van der Waals surface area contributed by atoms with Gasteiger partial charge in [0.1, 0.15) is 5.75 Å². The highest BCUT2D eigenvalue weighted by Crippen LogP contribution is 2.28. The van der Waals surface area contributed by atoms with Gasteiger partial charge in [0.25, 0.3) is 0 Å². The van der Waals surface area contributed by atoms with Crippen molar-refractivity contribution in [1.82, 2.24) is 0 Å². The molecule has 2 N–H and O–H groups in total. The molecule has 0 aliphatic rings. The molecule has 0 radical (unpaired) electrons. The number of carboxylic acids is 1. The van der Waals surface area contributed by atoms with E-state index in [1.165, 1.54) is 6.92 Å². The van der Waals surface area contributed by atoms with Crippen LogP contribution in [0.25, 0.3) is 11.1 Å². The number of amides is 1. The lowest BCUT2D eigenvalue weighted by atomic mass is 9.97. The van der Waals surface area contributed by atoms with Crippen molar-refractivity contribution in [3.05, 3.63) is 48.0 Å². The van der Waals surface area contributed by atoms with Crippen LogP contribution in [0.4, 0.5) is 5.69 Å². The summed E-state index contributed by atoms with van der Waals surface area (Å²) in [5.41, 5.74) is 2.94. The van der Waals surface area contributed by atoms with Crippen LogP contribution in [-0.2, 0) is 16.0 Å². The molecule has 2 aromatic carbocycles. The van der Waals surface area contributed by atoms with Crippen molar-refractivity contribution < 1.29 is 19.4 Å². The summed E-state index contributed by atoms with van der Waals surface area (Å²) in [6.45, 7) is 1.41. The van der Waals surface area contributed by atoms with Gasteiger partial charge in [0.15, 0.2) is 0 Å². The Labute approximate surface area is 128 Å². The number of carbonyl (C=O) groups is 2. The minimum Gasteiger partial charge on any atom is -0.497 e. The molecule has 0 unspecified atom stereocenters. The first-order valence-corrected chi connectivity index (χ1v) is 6.76. The van der Waals surface area contributed by atoms with E-state index in [0.29, 0.717) is 11.3 Å². The maximum absolute atomic E-state index is 11.1. The Morgan fingerprint density at radius 3 is 2.36 bits per heavy atom. The quantitative estimate of drug-likeness (QED) is 0.890. The van der Waals surface area contributed by atoms with E-state index in [9.17, 15) is 9.59 Å². The van der Waals surface area contributed by atoms with Crippen LogP contribution < -0.4 is 10.1 Å². The molecule has 0 atom stereocenters. The number of nitrogens with one attached hydrogen (secondary N) is 1. The molecule has 0 aliphatic heterocycles. The molecule has 0 saturated carbocycles. The van der Waals surface area contributed by atoms with Crippen LogP contribution in [0.15, 0.2) is 42.5 Å². The molecule has 0 heterocycles. The monoisotopic (exact) mass is 299 g/mol. The highest BCUT2D eigenvalue weighted by molar-refractivity contribution is 5.89. The lowest BCUT2D eigenvalue weighted by Gasteiger charge is -2.12. The summed E-state index contributed by atoms with van der Waals surface area (Å²) in [5, 5.41) is 11.7. The van der Waals surface area contributed by atoms with E-state index in [2.05, 4.69) is 5.32 Å². The number of anilines is 1. The summed E-state index contributed by atoms with van der Waals surface area (Å²) in [5.74, 6) is -0.383. The van der Waals surface area contributed by atoms with Crippen molar-refractivity contribution in [2.75, 3.05) is 12.4 Å². The average Bonchev–Trinajstić information content (AvgIpc) is 2.46. The number of benzene rings is 2. The zero-order chi connectivity index (χ0) is 16.1. The second-order valence-electron chi connectivity index (χ2n) is 4.85. The van der Waals surface area contributed by atoms with Crippen LogP contribution in [-0.4, -0.2) is 24.1 Å². The Balaban J connectivity index is 2.43. The number of rotatable bonds is 5. The average molecular weight is 299 g/mol. The third-order valence-electron chi connectivity index (χ3n) is 3.17. The van der Waals surface area contributed by atoms with Gasteiger partial charge in [-0.05, 0) is 41.0 Å². The van der Waals surface area contributed by atoms with E-state index >= 15 is 0 Å². The first-order valence-electron chi connectivity index (χ1n) is 6.76. The molecule has 0 spiro atoms. The minimum atomic E-state index is -0.922. The number of methoxy groups -OCH3 is 1. The van der Waals surface area contributed by atoms with E-state index < -0.39 is 5.97 Å². The number of carbonyl (C=O) groups excluding carboxylic acids is 1. The van der Waals surface area contributed by atoms with Crippen molar-refractivity contribution in [3.8, 4) is 16.9 Å². The fourth-order valence-corrected chi connectivity index (χ4v) is 2.24. The fourth-order valence-electron chi connectivity index (χ4n) is 2.24. The van der Waals surface area contributed by atoms with Crippen molar-refractivity contribution in [3.63, 3.8) is 0 Å². The smallest absolute Gasteiger partial charge is 0.307 e. The van der Waals surface area contributed by atoms with Gasteiger partial charge in [-0.25, -0.2) is 0 Å². The number of hydrogen-bond acceptors (Lipinski definition) is 3. The first kappa shape index (κ1) is 15.6. The first-order chi connectivity index (χ1) is 10.5. The topological polar surface area (TPSA) is 75.6 Å². The van der Waals surface area contributed by atoms with Crippen LogP contribution in [0.5, 0.6) is 5.75 Å². The molecular weight excluding hydrogens is 282 g/mol. The molecule has 2 aromatic rings. The fraction of sp³-hybridized carbons (Fsp3) is 0.176. The van der Waals surface area contributed by atoms with Gasteiger partial charge in [-0.2, -0.15) is 0 Å². The molecule has 22 heavy (non-hydrogen) atoms. The Morgan fingerprint density at radius 1 is 1.14 bits per heavy atom. The molecule has 2 rings (SSSR count). The van der Waals surface area contributed by atoms with Gasteiger partial charge in [0, 0.05) is 12.6 Å². The van der Waals surface area contributed by atoms with Crippen LogP contribution >= 0.6 is 0 Å². The molecule has 0 aliphatic carbocycles. The molecule has 1 amide bonds. The molecule has 0 fully saturated rings. The third-order valence-corrected chi connectivity index (χ3v) is 3.17. The van der Waals surface area contributed by atoms with Crippen LogP contribution in [0.2, 0.25) is 0 Å². The zero-order valence-corrected chi connectivity index (χ0v) is 12.4. The predicted octanol–water partition coefficient (Wildman–Crippen LogP) is 2.95. The molecule has 114 valence electrons. The third kappa shape index (κ3) is 3.85. The highest BCUT2D eigenvalue weighted by Gasteiger charge is 2.11. The number of hydrogen-bond donors (Lipinski definition) is 2. The largest absolute Gasteiger partial charge is 0.497 e. The zero-order valence-electron chi connectivity index (χ0n) is 12.4. The lowest BCUT2D eigenvalue weighted by molar-refractivity contribution is -0.136. The highest BCUT2D eigenvalue weighted by atomic mass is 16.5. The number of carboxylic acid groups (broad SMARTS) is 1. The summed E-state index contributed by atoms with van der Waals surface area (Å²) < 4.78 is 5.12. The van der Waals surface area contributed by atoms with Crippen LogP contribution in [0.1, 0.15) is 12.5 Å². The van der Waals surface area contributed by atoms with Crippen molar-refractivity contribution in [2.24, 2.45) is 0 Å². The summed E-state index contributed by atoms with van der Waals surface area (Å²) in [6.07, 6.45) is -0.116. The lowest BCUT2D eigenvalue weighted by Crippen LogP contribution is -2.08. The van der Waals surface area contributed by atoms with Gasteiger partial charge in [-0.1, -0.05) is 18.2 Å². The minimum absolute atomic E-state index is 0.116. The van der Waals surface area contributed by atoms with Crippen molar-refractivity contribution in [1.29, 1.82) is 0 Å². The van der Waals surface area contributed by atoms with Gasteiger partial charge >= 0.3 is 5.97 Å². The van der Waals surface area contributed by atoms with E-state index in [1.807, 2.05) is 30.3 Å². The van der Waals surface area contributed by atoms with Crippen molar-refractivity contribution in [2.45, 2.75) is 13.3 Å². The standard InChI is InChI=1S/C17H17NO4/c1-11(19)18-14-5-8-16(13(9-14)10-17(20)21)12-3-6-15(22-2)7-4-12/h3-9H,10H2,1-2H3,(H,18,19)(H,20,21). The van der Waals surface area contributed by atoms with Gasteiger partial charge in [-0.3, -0.25) is 9.59 Å². The molecule has 0 aromatic heterocycles. The molecular formula is C17H17NO4. The molecule has 0 bridgehead atoms. The molecule has 5 heteroatoms. The van der Waals surface area contributed by atoms with E-state index in [1.54, 1.807) is 19.2 Å². The second-order valence-corrected chi connectivity index (χ2v) is 4.85. The molecule has 0 saturated heterocycles. The maximum Gasteiger partial charge on any atom is 0.307 e. The van der Waals surface area contributed by atoms with E-state index in [0.717, 1.165) is 16.9 Å². The molecule has 5 nitrogen and oxygen atoms in total. The second kappa shape index (κ2) is 6.76. The van der Waals surface area contributed by atoms with Crippen LogP contribution in [0, 0.1) is 0 Å². The summed E-state index contributed by atoms with van der Waals surface area (Å²) in [4.78, 5) is 22.2. The van der Waals surface area contributed by atoms with Gasteiger partial charge < -0.3 is 15.2 Å². The van der Waals surface area contributed by atoms with E-state index in [-0.39, 0.29) is 12.3 Å². The summed E-state index contributed by atoms with van der Waals surface area (Å²) in [6, 6.07) is 12.6. The Morgan fingerprint density at radius 2 is 1.82 bits per heavy atom. The van der Waals surface area contributed by atoms with Gasteiger partial charge in [0.2, 0.25) is 5.91 Å². The SMILES string of the molecule is COc1ccc(-c2ccc(NC(C)=O)cc2CC(=O)O)cc1. The van der Waals surface area contributed by atoms with Gasteiger partial charge in [0.05, 0.1) is 13.5 Å². The maximum atomic E-state index is 11.1. The summed E-state index contributed by atoms with van der Waals surface area (Å²) in [7, 11) is 1.59. The van der Waals surface area contributed by atoms with Crippen molar-refractivity contribution >= 4 is 17.6 Å². The Bertz CT molecular complexity index is 692. The predicted molar refractivity (Wildman–Crippen MR) is 84.1 cm³/mol. The Kier molecular flexibility index (Phi) is 4.78.